The minimum Gasteiger partial charge on any atom is -0.212 e. The van der Waals surface area contributed by atoms with Gasteiger partial charge >= 0.3 is 0 Å². The Labute approximate surface area is 85.9 Å². The van der Waals surface area contributed by atoms with Gasteiger partial charge in [0.2, 0.25) is 10.0 Å². The van der Waals surface area contributed by atoms with E-state index in [0.29, 0.717) is 5.92 Å². The monoisotopic (exact) mass is 227 g/mol. The van der Waals surface area contributed by atoms with Gasteiger partial charge in [-0.1, -0.05) is 13.8 Å². The molecule has 0 amide bonds. The molecule has 0 saturated heterocycles. The zero-order valence-electron chi connectivity index (χ0n) is 8.38. The highest BCUT2D eigenvalue weighted by atomic mass is 35.5. The molecule has 0 saturated carbocycles. The summed E-state index contributed by atoms with van der Waals surface area (Å²) in [6.45, 7) is 5.99. The Bertz CT molecular complexity index is 226. The number of sulfonamides is 1. The van der Waals surface area contributed by atoms with E-state index in [1.807, 2.05) is 6.92 Å². The Hall–Kier alpha value is 0.200. The van der Waals surface area contributed by atoms with Crippen LogP contribution in [0, 0.1) is 5.92 Å². The first-order valence-corrected chi connectivity index (χ1v) is 6.62. The molecule has 0 fully saturated rings. The molecule has 0 aromatic heterocycles. The Morgan fingerprint density at radius 3 is 2.23 bits per heavy atom. The van der Waals surface area contributed by atoms with E-state index in [2.05, 4.69) is 18.6 Å². The topological polar surface area (TPSA) is 46.2 Å². The second kappa shape index (κ2) is 5.83. The van der Waals surface area contributed by atoms with Crippen LogP contribution in [0.15, 0.2) is 0 Å². The van der Waals surface area contributed by atoms with Crippen LogP contribution in [-0.4, -0.2) is 26.1 Å². The van der Waals surface area contributed by atoms with Crippen molar-refractivity contribution >= 4 is 21.6 Å². The van der Waals surface area contributed by atoms with E-state index in [0.717, 1.165) is 6.42 Å². The molecule has 0 spiro atoms. The van der Waals surface area contributed by atoms with E-state index in [9.17, 15) is 8.42 Å². The second-order valence-electron chi connectivity index (χ2n) is 3.66. The minimum absolute atomic E-state index is 0.00299. The third kappa shape index (κ3) is 7.28. The maximum atomic E-state index is 11.2. The highest BCUT2D eigenvalue weighted by molar-refractivity contribution is 7.89. The summed E-state index contributed by atoms with van der Waals surface area (Å²) in [5.41, 5.74) is 0. The predicted molar refractivity (Wildman–Crippen MR) is 56.6 cm³/mol. The van der Waals surface area contributed by atoms with Crippen LogP contribution >= 0.6 is 11.6 Å². The molecule has 0 aliphatic carbocycles. The fraction of sp³-hybridized carbons (Fsp3) is 1.00. The molecular formula is C8H18ClNO2S. The van der Waals surface area contributed by atoms with Crippen molar-refractivity contribution < 1.29 is 8.42 Å². The van der Waals surface area contributed by atoms with Crippen LogP contribution in [0.25, 0.3) is 0 Å². The van der Waals surface area contributed by atoms with Crippen LogP contribution < -0.4 is 4.72 Å². The molecule has 0 heterocycles. The van der Waals surface area contributed by atoms with E-state index in [4.69, 9.17) is 11.6 Å². The first-order chi connectivity index (χ1) is 5.87. The van der Waals surface area contributed by atoms with Gasteiger partial charge in [0.15, 0.2) is 0 Å². The van der Waals surface area contributed by atoms with Crippen LogP contribution in [0.5, 0.6) is 0 Å². The van der Waals surface area contributed by atoms with E-state index < -0.39 is 10.0 Å². The smallest absolute Gasteiger partial charge is 0.212 e. The maximum Gasteiger partial charge on any atom is 0.213 e. The average Bonchev–Trinajstić information content (AvgIpc) is 1.81. The summed E-state index contributed by atoms with van der Waals surface area (Å²) in [5, 5.41) is 0. The Balaban J connectivity index is 3.97. The number of hydrogen-bond donors (Lipinski definition) is 1. The number of nitrogens with one attached hydrogen (secondary N) is 1. The van der Waals surface area contributed by atoms with Crippen molar-refractivity contribution in [1.29, 1.82) is 0 Å². The van der Waals surface area contributed by atoms with Gasteiger partial charge in [-0.15, -0.1) is 11.6 Å². The number of halogens is 1. The molecule has 0 aliphatic heterocycles. The lowest BCUT2D eigenvalue weighted by Gasteiger charge is -2.15. The Kier molecular flexibility index (Phi) is 5.92. The van der Waals surface area contributed by atoms with Crippen LogP contribution in [0.1, 0.15) is 27.2 Å². The SMILES string of the molecule is CC(C)CC(C)NS(=O)(=O)CCCl. The molecular weight excluding hydrogens is 210 g/mol. The molecule has 1 unspecified atom stereocenters. The number of alkyl halides is 1. The fourth-order valence-electron chi connectivity index (χ4n) is 1.22. The summed E-state index contributed by atoms with van der Waals surface area (Å²) >= 11 is 5.36. The molecule has 1 N–H and O–H groups in total. The molecule has 13 heavy (non-hydrogen) atoms. The molecule has 1 atom stereocenters. The lowest BCUT2D eigenvalue weighted by atomic mass is 10.1. The highest BCUT2D eigenvalue weighted by Gasteiger charge is 2.14. The van der Waals surface area contributed by atoms with Gasteiger partial charge in [0.1, 0.15) is 0 Å². The van der Waals surface area contributed by atoms with Gasteiger partial charge in [-0.3, -0.25) is 0 Å². The van der Waals surface area contributed by atoms with Crippen molar-refractivity contribution in [1.82, 2.24) is 4.72 Å². The van der Waals surface area contributed by atoms with Crippen molar-refractivity contribution in [2.75, 3.05) is 11.6 Å². The molecule has 0 rings (SSSR count). The van der Waals surface area contributed by atoms with Gasteiger partial charge in [-0.05, 0) is 19.3 Å². The van der Waals surface area contributed by atoms with Crippen LogP contribution in [0.4, 0.5) is 0 Å². The predicted octanol–water partition coefficient (Wildman–Crippen LogP) is 1.58. The lowest BCUT2D eigenvalue weighted by Crippen LogP contribution is -2.35. The second-order valence-corrected chi connectivity index (χ2v) is 5.91. The van der Waals surface area contributed by atoms with Gasteiger partial charge in [0, 0.05) is 11.9 Å². The normalized spacial score (nSPS) is 14.8. The molecule has 0 aromatic rings. The highest BCUT2D eigenvalue weighted by Crippen LogP contribution is 2.05. The van der Waals surface area contributed by atoms with E-state index in [-0.39, 0.29) is 17.7 Å². The first-order valence-electron chi connectivity index (χ1n) is 4.43. The first kappa shape index (κ1) is 13.2. The maximum absolute atomic E-state index is 11.2. The van der Waals surface area contributed by atoms with E-state index >= 15 is 0 Å². The third-order valence-electron chi connectivity index (χ3n) is 1.55. The molecule has 0 radical (unpaired) electrons. The van der Waals surface area contributed by atoms with Crippen molar-refractivity contribution in [2.24, 2.45) is 5.92 Å². The van der Waals surface area contributed by atoms with Gasteiger partial charge in [0.05, 0.1) is 5.75 Å². The zero-order chi connectivity index (χ0) is 10.5. The lowest BCUT2D eigenvalue weighted by molar-refractivity contribution is 0.483. The molecule has 0 aliphatic rings. The quantitative estimate of drug-likeness (QED) is 0.701. The summed E-state index contributed by atoms with van der Waals surface area (Å²) in [5.74, 6) is 0.634. The molecule has 0 bridgehead atoms. The number of hydrogen-bond acceptors (Lipinski definition) is 2. The zero-order valence-corrected chi connectivity index (χ0v) is 9.95. The summed E-state index contributed by atoms with van der Waals surface area (Å²) < 4.78 is 25.0. The number of rotatable bonds is 6. The van der Waals surface area contributed by atoms with Crippen LogP contribution in [0.3, 0.4) is 0 Å². The molecule has 5 heteroatoms. The van der Waals surface area contributed by atoms with Crippen molar-refractivity contribution in [3.05, 3.63) is 0 Å². The summed E-state index contributed by atoms with van der Waals surface area (Å²) in [7, 11) is -3.16. The minimum atomic E-state index is -3.16. The Morgan fingerprint density at radius 2 is 1.85 bits per heavy atom. The summed E-state index contributed by atoms with van der Waals surface area (Å²) in [6.07, 6.45) is 0.849. The third-order valence-corrected chi connectivity index (χ3v) is 3.47. The van der Waals surface area contributed by atoms with Gasteiger partial charge in [-0.25, -0.2) is 13.1 Å². The molecule has 0 aromatic carbocycles. The Morgan fingerprint density at radius 1 is 1.31 bits per heavy atom. The van der Waals surface area contributed by atoms with E-state index in [1.54, 1.807) is 0 Å². The standard InChI is InChI=1S/C8H18ClNO2S/c1-7(2)6-8(3)10-13(11,12)5-4-9/h7-8,10H,4-6H2,1-3H3. The largest absolute Gasteiger partial charge is 0.213 e. The van der Waals surface area contributed by atoms with E-state index in [1.165, 1.54) is 0 Å². The summed E-state index contributed by atoms with van der Waals surface area (Å²) in [4.78, 5) is 0. The van der Waals surface area contributed by atoms with Gasteiger partial charge in [0.25, 0.3) is 0 Å². The van der Waals surface area contributed by atoms with Gasteiger partial charge in [-0.2, -0.15) is 0 Å². The van der Waals surface area contributed by atoms with Crippen molar-refractivity contribution in [2.45, 2.75) is 33.2 Å². The van der Waals surface area contributed by atoms with Crippen LogP contribution in [-0.2, 0) is 10.0 Å². The molecule has 80 valence electrons. The van der Waals surface area contributed by atoms with Crippen molar-refractivity contribution in [3.63, 3.8) is 0 Å². The fourth-order valence-corrected chi connectivity index (χ4v) is 2.86. The molecule has 3 nitrogen and oxygen atoms in total. The van der Waals surface area contributed by atoms with Gasteiger partial charge < -0.3 is 0 Å². The summed E-state index contributed by atoms with van der Waals surface area (Å²) in [6, 6.07) is -0.00628. The van der Waals surface area contributed by atoms with Crippen molar-refractivity contribution in [3.8, 4) is 0 Å². The average molecular weight is 228 g/mol. The van der Waals surface area contributed by atoms with Crippen LogP contribution in [0.2, 0.25) is 0 Å².